The van der Waals surface area contributed by atoms with Crippen LogP contribution in [0.4, 0.5) is 0 Å². The molecule has 0 unspecified atom stereocenters. The number of rotatable bonds is 4. The predicted molar refractivity (Wildman–Crippen MR) is 70.1 cm³/mol. The molecular formula is C14H22N2O. The van der Waals surface area contributed by atoms with Gasteiger partial charge in [-0.3, -0.25) is 9.69 Å². The van der Waals surface area contributed by atoms with Gasteiger partial charge in [-0.15, -0.1) is 0 Å². The Morgan fingerprint density at radius 3 is 3.00 bits per heavy atom. The van der Waals surface area contributed by atoms with Crippen LogP contribution in [-0.2, 0) is 0 Å². The van der Waals surface area contributed by atoms with E-state index in [0.29, 0.717) is 6.04 Å². The van der Waals surface area contributed by atoms with Crippen molar-refractivity contribution in [1.29, 1.82) is 0 Å². The highest BCUT2D eigenvalue weighted by Gasteiger charge is 2.23. The van der Waals surface area contributed by atoms with Crippen LogP contribution in [0.1, 0.15) is 50.6 Å². The van der Waals surface area contributed by atoms with Crippen molar-refractivity contribution in [1.82, 2.24) is 9.88 Å². The second-order valence-corrected chi connectivity index (χ2v) is 4.89. The van der Waals surface area contributed by atoms with Crippen molar-refractivity contribution in [3.8, 4) is 0 Å². The fourth-order valence-electron chi connectivity index (χ4n) is 2.63. The Balaban J connectivity index is 2.09. The van der Waals surface area contributed by atoms with Crippen LogP contribution in [0.25, 0.3) is 0 Å². The topological polar surface area (TPSA) is 36.1 Å². The Morgan fingerprint density at radius 2 is 2.29 bits per heavy atom. The summed E-state index contributed by atoms with van der Waals surface area (Å²) in [6.45, 7) is 4.61. The maximum Gasteiger partial charge on any atom is 0.247 e. The first-order valence-corrected chi connectivity index (χ1v) is 6.74. The number of pyridine rings is 1. The van der Waals surface area contributed by atoms with E-state index in [4.69, 9.17) is 0 Å². The summed E-state index contributed by atoms with van der Waals surface area (Å²) in [5, 5.41) is 0. The van der Waals surface area contributed by atoms with Gasteiger partial charge in [0.25, 0.3) is 0 Å². The number of likely N-dealkylation sites (tertiary alicyclic amines) is 1. The summed E-state index contributed by atoms with van der Waals surface area (Å²) in [5.41, 5.74) is 1.25. The predicted octanol–water partition coefficient (Wildman–Crippen LogP) is 2.70. The van der Waals surface area contributed by atoms with Crippen molar-refractivity contribution in [2.24, 2.45) is 0 Å². The zero-order valence-corrected chi connectivity index (χ0v) is 10.6. The lowest BCUT2D eigenvalue weighted by molar-refractivity contribution is 0.146. The molecule has 1 atom stereocenters. The molecule has 1 saturated heterocycles. The summed E-state index contributed by atoms with van der Waals surface area (Å²) in [7, 11) is 0. The van der Waals surface area contributed by atoms with E-state index >= 15 is 0 Å². The van der Waals surface area contributed by atoms with Crippen LogP contribution < -0.4 is 5.56 Å². The average Bonchev–Trinajstić information content (AvgIpc) is 2.38. The lowest BCUT2D eigenvalue weighted by Gasteiger charge is -2.35. The first-order chi connectivity index (χ1) is 8.31. The maximum atomic E-state index is 11.1. The van der Waals surface area contributed by atoms with Crippen LogP contribution >= 0.6 is 0 Å². The second-order valence-electron chi connectivity index (χ2n) is 4.89. The van der Waals surface area contributed by atoms with Crippen LogP contribution in [0.5, 0.6) is 0 Å². The smallest absolute Gasteiger partial charge is 0.247 e. The quantitative estimate of drug-likeness (QED) is 0.869. The summed E-state index contributed by atoms with van der Waals surface area (Å²) in [5.74, 6) is 0. The van der Waals surface area contributed by atoms with Gasteiger partial charge in [0.05, 0.1) is 0 Å². The first kappa shape index (κ1) is 12.4. The Hall–Kier alpha value is -1.09. The van der Waals surface area contributed by atoms with Gasteiger partial charge < -0.3 is 4.98 Å². The minimum absolute atomic E-state index is 0.00957. The van der Waals surface area contributed by atoms with Crippen LogP contribution in [0.15, 0.2) is 23.1 Å². The molecular weight excluding hydrogens is 212 g/mol. The molecule has 2 rings (SSSR count). The van der Waals surface area contributed by atoms with Gasteiger partial charge in [-0.25, -0.2) is 0 Å². The van der Waals surface area contributed by atoms with Crippen LogP contribution in [-0.4, -0.2) is 23.0 Å². The molecule has 1 aromatic heterocycles. The van der Waals surface area contributed by atoms with Crippen molar-refractivity contribution < 1.29 is 0 Å². The molecule has 94 valence electrons. The number of nitrogens with zero attached hydrogens (tertiary/aromatic N) is 1. The minimum atomic E-state index is -0.00957. The molecule has 3 nitrogen and oxygen atoms in total. The fourth-order valence-corrected chi connectivity index (χ4v) is 2.63. The highest BCUT2D eigenvalue weighted by molar-refractivity contribution is 5.14. The fraction of sp³-hybridized carbons (Fsp3) is 0.643. The van der Waals surface area contributed by atoms with Gasteiger partial charge in [-0.1, -0.05) is 25.8 Å². The standard InChI is InChI=1S/C14H22N2O/c1-2-3-9-16-10-5-4-6-13(16)12-7-8-14(17)15-11-12/h7-8,11,13H,2-6,9-10H2,1H3,(H,15,17)/t13-/m1/s1. The molecule has 2 heterocycles. The molecule has 1 aliphatic rings. The van der Waals surface area contributed by atoms with E-state index in [-0.39, 0.29) is 5.56 Å². The molecule has 1 aromatic rings. The number of nitrogens with one attached hydrogen (secondary N) is 1. The number of aromatic nitrogens is 1. The van der Waals surface area contributed by atoms with E-state index < -0.39 is 0 Å². The molecule has 1 N–H and O–H groups in total. The summed E-state index contributed by atoms with van der Waals surface area (Å²) < 4.78 is 0. The molecule has 1 aliphatic heterocycles. The molecule has 17 heavy (non-hydrogen) atoms. The number of unbranched alkanes of at least 4 members (excludes halogenated alkanes) is 1. The lowest BCUT2D eigenvalue weighted by Crippen LogP contribution is -2.34. The van der Waals surface area contributed by atoms with Gasteiger partial charge in [0.2, 0.25) is 5.56 Å². The number of aromatic amines is 1. The van der Waals surface area contributed by atoms with Gasteiger partial charge in [0, 0.05) is 18.3 Å². The molecule has 1 fully saturated rings. The van der Waals surface area contributed by atoms with Crippen molar-refractivity contribution in [3.63, 3.8) is 0 Å². The Bertz CT molecular complexity index is 379. The Morgan fingerprint density at radius 1 is 1.41 bits per heavy atom. The molecule has 0 bridgehead atoms. The zero-order valence-electron chi connectivity index (χ0n) is 10.6. The Labute approximate surface area is 103 Å². The second kappa shape index (κ2) is 6.01. The third-order valence-corrected chi connectivity index (χ3v) is 3.61. The highest BCUT2D eigenvalue weighted by atomic mass is 16.1. The highest BCUT2D eigenvalue weighted by Crippen LogP contribution is 2.30. The molecule has 0 spiro atoms. The number of hydrogen-bond acceptors (Lipinski definition) is 2. The van der Waals surface area contributed by atoms with Gasteiger partial charge >= 0.3 is 0 Å². The van der Waals surface area contributed by atoms with Crippen LogP contribution in [0, 0.1) is 0 Å². The van der Waals surface area contributed by atoms with Gasteiger partial charge in [-0.05, 0) is 37.9 Å². The minimum Gasteiger partial charge on any atom is -0.329 e. The molecule has 0 radical (unpaired) electrons. The average molecular weight is 234 g/mol. The van der Waals surface area contributed by atoms with Gasteiger partial charge in [0.1, 0.15) is 0 Å². The SMILES string of the molecule is CCCCN1CCCC[C@@H]1c1ccc(=O)[nH]c1. The zero-order chi connectivity index (χ0) is 12.1. The van der Waals surface area contributed by atoms with E-state index in [1.54, 1.807) is 6.07 Å². The first-order valence-electron chi connectivity index (χ1n) is 6.74. The number of H-pyrrole nitrogens is 1. The summed E-state index contributed by atoms with van der Waals surface area (Å²) in [6.07, 6.45) is 8.22. The van der Waals surface area contributed by atoms with Crippen molar-refractivity contribution in [2.45, 2.75) is 45.1 Å². The Kier molecular flexibility index (Phi) is 4.37. The maximum absolute atomic E-state index is 11.1. The molecule has 3 heteroatoms. The van der Waals surface area contributed by atoms with Crippen LogP contribution in [0.3, 0.4) is 0 Å². The molecule has 0 saturated carbocycles. The molecule has 0 amide bonds. The third-order valence-electron chi connectivity index (χ3n) is 3.61. The van der Waals surface area contributed by atoms with E-state index in [0.717, 1.165) is 0 Å². The van der Waals surface area contributed by atoms with Crippen molar-refractivity contribution in [2.75, 3.05) is 13.1 Å². The molecule has 0 aliphatic carbocycles. The largest absolute Gasteiger partial charge is 0.329 e. The number of hydrogen-bond donors (Lipinski definition) is 1. The monoisotopic (exact) mass is 234 g/mol. The van der Waals surface area contributed by atoms with E-state index in [1.165, 1.54) is 50.8 Å². The summed E-state index contributed by atoms with van der Waals surface area (Å²) >= 11 is 0. The number of piperidine rings is 1. The molecule has 0 aromatic carbocycles. The van der Waals surface area contributed by atoms with Gasteiger partial charge in [0.15, 0.2) is 0 Å². The summed E-state index contributed by atoms with van der Waals surface area (Å²) in [4.78, 5) is 16.5. The van der Waals surface area contributed by atoms with E-state index in [2.05, 4.69) is 16.8 Å². The third kappa shape index (κ3) is 3.19. The van der Waals surface area contributed by atoms with Gasteiger partial charge in [-0.2, -0.15) is 0 Å². The summed E-state index contributed by atoms with van der Waals surface area (Å²) in [6, 6.07) is 4.13. The van der Waals surface area contributed by atoms with E-state index in [1.807, 2.05) is 12.3 Å². The lowest BCUT2D eigenvalue weighted by atomic mass is 9.96. The van der Waals surface area contributed by atoms with Crippen molar-refractivity contribution in [3.05, 3.63) is 34.2 Å². The van der Waals surface area contributed by atoms with Crippen LogP contribution in [0.2, 0.25) is 0 Å². The van der Waals surface area contributed by atoms with Crippen molar-refractivity contribution >= 4 is 0 Å². The normalized spacial score (nSPS) is 21.6. The van der Waals surface area contributed by atoms with E-state index in [9.17, 15) is 4.79 Å².